The van der Waals surface area contributed by atoms with Crippen molar-refractivity contribution in [1.29, 1.82) is 0 Å². The van der Waals surface area contributed by atoms with E-state index in [0.29, 0.717) is 34.8 Å². The Labute approximate surface area is 207 Å². The third-order valence-corrected chi connectivity index (χ3v) is 7.54. The number of carbonyl (C=O) groups excluding carboxylic acids is 1. The number of methoxy groups -OCH3 is 1. The number of para-hydroxylation sites is 1. The van der Waals surface area contributed by atoms with Gasteiger partial charge in [-0.15, -0.1) is 0 Å². The number of nitrogens with one attached hydrogen (secondary N) is 1. The van der Waals surface area contributed by atoms with E-state index in [4.69, 9.17) is 4.74 Å². The number of urea groups is 1. The molecule has 174 valence electrons. The predicted octanol–water partition coefficient (Wildman–Crippen LogP) is 4.56. The highest BCUT2D eigenvalue weighted by Crippen LogP contribution is 2.36. The van der Waals surface area contributed by atoms with E-state index < -0.39 is 10.8 Å². The van der Waals surface area contributed by atoms with E-state index in [1.165, 1.54) is 4.90 Å². The molecule has 1 unspecified atom stereocenters. The Hall–Kier alpha value is -3.44. The van der Waals surface area contributed by atoms with Crippen molar-refractivity contribution < 1.29 is 13.7 Å². The smallest absolute Gasteiger partial charge is 0.330 e. The van der Waals surface area contributed by atoms with Crippen LogP contribution in [0.5, 0.6) is 0 Å². The summed E-state index contributed by atoms with van der Waals surface area (Å²) >= 11 is 3.52. The van der Waals surface area contributed by atoms with Crippen molar-refractivity contribution in [2.75, 3.05) is 41.2 Å². The lowest BCUT2D eigenvalue weighted by molar-refractivity contribution is 0.251. The summed E-state index contributed by atoms with van der Waals surface area (Å²) in [7, 11) is 3.76. The number of halogens is 1. The zero-order valence-corrected chi connectivity index (χ0v) is 21.1. The van der Waals surface area contributed by atoms with Crippen LogP contribution in [0, 0.1) is 0 Å². The van der Waals surface area contributed by atoms with Crippen molar-refractivity contribution in [3.8, 4) is 0 Å². The number of benzene rings is 2. The Balaban J connectivity index is 1.42. The first-order chi connectivity index (χ1) is 16.4. The van der Waals surface area contributed by atoms with Gasteiger partial charge in [-0.1, -0.05) is 12.1 Å². The van der Waals surface area contributed by atoms with E-state index in [1.807, 2.05) is 48.3 Å². The second-order valence-electron chi connectivity index (χ2n) is 7.75. The SMILES string of the molecule is COC1=CS(=O)c2cc(Nc3ncc4c(n3)N(C)C(=O)N(c3ccccc3Br)C4)ccc2N1C. The van der Waals surface area contributed by atoms with E-state index in [-0.39, 0.29) is 6.03 Å². The van der Waals surface area contributed by atoms with Crippen molar-refractivity contribution in [2.45, 2.75) is 11.4 Å². The number of nitrogens with zero attached hydrogens (tertiary/aromatic N) is 5. The van der Waals surface area contributed by atoms with Crippen LogP contribution in [-0.4, -0.2) is 41.4 Å². The fourth-order valence-corrected chi connectivity index (χ4v) is 5.64. The van der Waals surface area contributed by atoms with Gasteiger partial charge in [0.25, 0.3) is 0 Å². The van der Waals surface area contributed by atoms with Gasteiger partial charge in [0.15, 0.2) is 0 Å². The van der Waals surface area contributed by atoms with Gasteiger partial charge in [0.2, 0.25) is 11.8 Å². The van der Waals surface area contributed by atoms with Crippen molar-refractivity contribution in [1.82, 2.24) is 9.97 Å². The molecule has 2 aliphatic rings. The molecular formula is C23H21BrN6O3S. The van der Waals surface area contributed by atoms with E-state index in [1.54, 1.807) is 36.7 Å². The Kier molecular flexibility index (Phi) is 5.74. The molecule has 2 aliphatic heterocycles. The molecule has 1 N–H and O–H groups in total. The van der Waals surface area contributed by atoms with Gasteiger partial charge in [0.1, 0.15) is 5.82 Å². The molecule has 2 amide bonds. The molecule has 0 bridgehead atoms. The van der Waals surface area contributed by atoms with Crippen LogP contribution in [0.1, 0.15) is 5.56 Å². The minimum absolute atomic E-state index is 0.183. The summed E-state index contributed by atoms with van der Waals surface area (Å²) in [5.74, 6) is 1.42. The predicted molar refractivity (Wildman–Crippen MR) is 136 cm³/mol. The molecule has 0 radical (unpaired) electrons. The van der Waals surface area contributed by atoms with Gasteiger partial charge in [0.05, 0.1) is 46.1 Å². The topological polar surface area (TPSA) is 90.9 Å². The molecule has 0 spiro atoms. The first-order valence-corrected chi connectivity index (χ1v) is 12.3. The molecule has 0 saturated carbocycles. The van der Waals surface area contributed by atoms with E-state index >= 15 is 0 Å². The molecule has 5 rings (SSSR count). The third kappa shape index (κ3) is 3.80. The second kappa shape index (κ2) is 8.73. The van der Waals surface area contributed by atoms with E-state index in [2.05, 4.69) is 31.2 Å². The molecule has 1 aromatic heterocycles. The molecule has 0 saturated heterocycles. The Morgan fingerprint density at radius 1 is 1.12 bits per heavy atom. The lowest BCUT2D eigenvalue weighted by Crippen LogP contribution is -2.46. The van der Waals surface area contributed by atoms with Gasteiger partial charge in [-0.25, -0.2) is 14.0 Å². The summed E-state index contributed by atoms with van der Waals surface area (Å²) in [5, 5.41) is 4.73. The standard InChI is InChI=1S/C23H21BrN6O3S/c1-28-18-9-8-15(10-19(18)34(32)13-20(28)33-3)26-22-25-11-14-12-30(17-7-5-4-6-16(17)24)23(31)29(2)21(14)27-22/h4-11,13H,12H2,1-3H3,(H,25,26,27). The van der Waals surface area contributed by atoms with Gasteiger partial charge in [-0.05, 0) is 46.3 Å². The number of hydrogen-bond donors (Lipinski definition) is 1. The van der Waals surface area contributed by atoms with E-state index in [0.717, 1.165) is 21.4 Å². The van der Waals surface area contributed by atoms with Gasteiger partial charge in [-0.2, -0.15) is 4.98 Å². The maximum absolute atomic E-state index is 13.1. The number of aromatic nitrogens is 2. The quantitative estimate of drug-likeness (QED) is 0.518. The maximum atomic E-state index is 13.1. The monoisotopic (exact) mass is 540 g/mol. The number of hydrogen-bond acceptors (Lipinski definition) is 7. The van der Waals surface area contributed by atoms with Gasteiger partial charge < -0.3 is 15.0 Å². The summed E-state index contributed by atoms with van der Waals surface area (Å²) in [6.07, 6.45) is 1.72. The van der Waals surface area contributed by atoms with Crippen LogP contribution < -0.4 is 20.0 Å². The highest BCUT2D eigenvalue weighted by molar-refractivity contribution is 9.10. The summed E-state index contributed by atoms with van der Waals surface area (Å²) in [5.41, 5.74) is 3.10. The molecule has 34 heavy (non-hydrogen) atoms. The van der Waals surface area contributed by atoms with Crippen LogP contribution in [0.4, 0.5) is 33.6 Å². The maximum Gasteiger partial charge on any atom is 0.330 e. The van der Waals surface area contributed by atoms with Crippen LogP contribution >= 0.6 is 15.9 Å². The summed E-state index contributed by atoms with van der Waals surface area (Å²) in [6, 6.07) is 12.9. The van der Waals surface area contributed by atoms with Crippen LogP contribution in [0.3, 0.4) is 0 Å². The molecule has 11 heteroatoms. The highest BCUT2D eigenvalue weighted by Gasteiger charge is 2.31. The van der Waals surface area contributed by atoms with Crippen molar-refractivity contribution >= 4 is 61.6 Å². The fourth-order valence-electron chi connectivity index (χ4n) is 3.93. The lowest BCUT2D eigenvalue weighted by atomic mass is 10.2. The van der Waals surface area contributed by atoms with Crippen LogP contribution in [-0.2, 0) is 22.1 Å². The lowest BCUT2D eigenvalue weighted by Gasteiger charge is -2.34. The van der Waals surface area contributed by atoms with Crippen molar-refractivity contribution in [2.24, 2.45) is 0 Å². The first-order valence-electron chi connectivity index (χ1n) is 10.3. The Bertz CT molecular complexity index is 1360. The van der Waals surface area contributed by atoms with Crippen LogP contribution in [0.2, 0.25) is 0 Å². The number of anilines is 5. The number of ether oxygens (including phenoxy) is 1. The largest absolute Gasteiger partial charge is 0.482 e. The number of amides is 2. The summed E-state index contributed by atoms with van der Waals surface area (Å²) in [6.45, 7) is 0.361. The molecule has 0 fully saturated rings. The normalized spacial score (nSPS) is 17.2. The average molecular weight is 541 g/mol. The molecule has 3 aromatic rings. The van der Waals surface area contributed by atoms with Gasteiger partial charge >= 0.3 is 6.03 Å². The first kappa shape index (κ1) is 22.4. The number of fused-ring (bicyclic) bond motifs is 2. The minimum Gasteiger partial charge on any atom is -0.482 e. The van der Waals surface area contributed by atoms with Crippen molar-refractivity contribution in [3.63, 3.8) is 0 Å². The molecule has 0 aliphatic carbocycles. The number of carbonyl (C=O) groups is 1. The third-order valence-electron chi connectivity index (χ3n) is 5.69. The fraction of sp³-hybridized carbons (Fsp3) is 0.174. The zero-order valence-electron chi connectivity index (χ0n) is 18.7. The highest BCUT2D eigenvalue weighted by atomic mass is 79.9. The summed E-state index contributed by atoms with van der Waals surface area (Å²) in [4.78, 5) is 27.8. The minimum atomic E-state index is -1.34. The second-order valence-corrected chi connectivity index (χ2v) is 9.87. The molecule has 2 aromatic carbocycles. The molecule has 9 nitrogen and oxygen atoms in total. The van der Waals surface area contributed by atoms with Crippen LogP contribution in [0.25, 0.3) is 0 Å². The number of rotatable bonds is 4. The molecular weight excluding hydrogens is 520 g/mol. The summed E-state index contributed by atoms with van der Waals surface area (Å²) < 4.78 is 18.8. The zero-order chi connectivity index (χ0) is 24.0. The Morgan fingerprint density at radius 2 is 1.91 bits per heavy atom. The Morgan fingerprint density at radius 3 is 2.68 bits per heavy atom. The molecule has 3 heterocycles. The molecule has 1 atom stereocenters. The van der Waals surface area contributed by atoms with Crippen molar-refractivity contribution in [3.05, 3.63) is 70.0 Å². The van der Waals surface area contributed by atoms with E-state index in [9.17, 15) is 9.00 Å². The average Bonchev–Trinajstić information content (AvgIpc) is 2.84. The van der Waals surface area contributed by atoms with Gasteiger partial charge in [0, 0.05) is 36.0 Å². The van der Waals surface area contributed by atoms with Gasteiger partial charge in [-0.3, -0.25) is 9.80 Å². The van der Waals surface area contributed by atoms with Crippen LogP contribution in [0.15, 0.2) is 69.3 Å².